The van der Waals surface area contributed by atoms with Crippen LogP contribution in [-0.4, -0.2) is 10.2 Å². The van der Waals surface area contributed by atoms with Crippen molar-refractivity contribution in [3.05, 3.63) is 60.2 Å². The van der Waals surface area contributed by atoms with Gasteiger partial charge in [0.1, 0.15) is 5.75 Å². The number of hydrogen-bond acceptors (Lipinski definition) is 3. The fourth-order valence-electron chi connectivity index (χ4n) is 1.46. The predicted molar refractivity (Wildman–Crippen MR) is 63.1 cm³/mol. The van der Waals surface area contributed by atoms with Gasteiger partial charge in [-0.15, -0.1) is 0 Å². The second kappa shape index (κ2) is 4.68. The molecule has 0 aliphatic rings. The second-order valence-electron chi connectivity index (χ2n) is 3.47. The molecule has 0 spiro atoms. The van der Waals surface area contributed by atoms with E-state index in [1.54, 1.807) is 24.3 Å². The molecule has 0 fully saturated rings. The highest BCUT2D eigenvalue weighted by Gasteiger charge is 2.07. The number of para-hydroxylation sites is 2. The molecule has 82 valence electrons. The Hall–Kier alpha value is -2.00. The van der Waals surface area contributed by atoms with Crippen molar-refractivity contribution in [2.24, 2.45) is 0 Å². The Balaban J connectivity index is 2.14. The van der Waals surface area contributed by atoms with Gasteiger partial charge in [0.15, 0.2) is 6.23 Å². The van der Waals surface area contributed by atoms with Gasteiger partial charge in [-0.1, -0.05) is 42.5 Å². The van der Waals surface area contributed by atoms with E-state index in [0.29, 0.717) is 5.69 Å². The van der Waals surface area contributed by atoms with E-state index < -0.39 is 6.23 Å². The summed E-state index contributed by atoms with van der Waals surface area (Å²) in [5, 5.41) is 22.2. The van der Waals surface area contributed by atoms with E-state index in [4.69, 9.17) is 0 Å². The minimum absolute atomic E-state index is 0.123. The van der Waals surface area contributed by atoms with Crippen LogP contribution < -0.4 is 5.32 Å². The molecule has 0 aliphatic heterocycles. The molecule has 2 aromatic rings. The lowest BCUT2D eigenvalue weighted by molar-refractivity contribution is 0.207. The van der Waals surface area contributed by atoms with Gasteiger partial charge in [0.2, 0.25) is 0 Å². The maximum Gasteiger partial charge on any atom is 0.150 e. The summed E-state index contributed by atoms with van der Waals surface area (Å²) in [5.41, 5.74) is 1.27. The van der Waals surface area contributed by atoms with Crippen LogP contribution in [0.4, 0.5) is 5.69 Å². The van der Waals surface area contributed by atoms with Crippen molar-refractivity contribution < 1.29 is 10.2 Å². The molecule has 0 heterocycles. The first-order valence-corrected chi connectivity index (χ1v) is 5.05. The van der Waals surface area contributed by atoms with Crippen LogP contribution in [0.2, 0.25) is 0 Å². The van der Waals surface area contributed by atoms with Crippen LogP contribution in [-0.2, 0) is 0 Å². The molecule has 0 bridgehead atoms. The number of nitrogens with one attached hydrogen (secondary N) is 1. The van der Waals surface area contributed by atoms with Crippen molar-refractivity contribution >= 4 is 5.69 Å². The van der Waals surface area contributed by atoms with E-state index in [1.807, 2.05) is 30.3 Å². The summed E-state index contributed by atoms with van der Waals surface area (Å²) in [6, 6.07) is 16.0. The zero-order valence-electron chi connectivity index (χ0n) is 8.67. The molecule has 0 saturated carbocycles. The largest absolute Gasteiger partial charge is 0.506 e. The van der Waals surface area contributed by atoms with E-state index in [9.17, 15) is 10.2 Å². The first-order valence-electron chi connectivity index (χ1n) is 5.05. The molecule has 2 rings (SSSR count). The molecule has 2 aromatic carbocycles. The quantitative estimate of drug-likeness (QED) is 0.544. The van der Waals surface area contributed by atoms with E-state index in [1.165, 1.54) is 0 Å². The van der Waals surface area contributed by atoms with Crippen LogP contribution in [0.1, 0.15) is 11.8 Å². The van der Waals surface area contributed by atoms with E-state index >= 15 is 0 Å². The zero-order valence-corrected chi connectivity index (χ0v) is 8.67. The summed E-state index contributed by atoms with van der Waals surface area (Å²) in [6.07, 6.45) is -0.825. The maximum atomic E-state index is 9.88. The van der Waals surface area contributed by atoms with Crippen molar-refractivity contribution in [3.8, 4) is 5.75 Å². The van der Waals surface area contributed by atoms with Gasteiger partial charge in [-0.2, -0.15) is 0 Å². The Bertz CT molecular complexity index is 456. The Morgan fingerprint density at radius 1 is 0.875 bits per heavy atom. The number of phenols is 1. The van der Waals surface area contributed by atoms with Gasteiger partial charge in [-0.25, -0.2) is 0 Å². The first-order chi connectivity index (χ1) is 7.77. The van der Waals surface area contributed by atoms with Crippen molar-refractivity contribution in [2.45, 2.75) is 6.23 Å². The Morgan fingerprint density at radius 3 is 2.19 bits per heavy atom. The van der Waals surface area contributed by atoms with Crippen LogP contribution >= 0.6 is 0 Å². The molecule has 3 N–H and O–H groups in total. The second-order valence-corrected chi connectivity index (χ2v) is 3.47. The Labute approximate surface area is 94.0 Å². The first kappa shape index (κ1) is 10.5. The minimum atomic E-state index is -0.825. The zero-order chi connectivity index (χ0) is 11.4. The van der Waals surface area contributed by atoms with Crippen LogP contribution in [0.25, 0.3) is 0 Å². The maximum absolute atomic E-state index is 9.88. The van der Waals surface area contributed by atoms with Gasteiger partial charge in [-0.3, -0.25) is 0 Å². The monoisotopic (exact) mass is 215 g/mol. The van der Waals surface area contributed by atoms with Gasteiger partial charge >= 0.3 is 0 Å². The molecule has 16 heavy (non-hydrogen) atoms. The lowest BCUT2D eigenvalue weighted by Gasteiger charge is -2.15. The molecular weight excluding hydrogens is 202 g/mol. The Kier molecular flexibility index (Phi) is 3.08. The number of anilines is 1. The Morgan fingerprint density at radius 2 is 1.50 bits per heavy atom. The lowest BCUT2D eigenvalue weighted by Crippen LogP contribution is -2.09. The van der Waals surface area contributed by atoms with Crippen LogP contribution in [0, 0.1) is 0 Å². The summed E-state index contributed by atoms with van der Waals surface area (Å²) in [6.45, 7) is 0. The number of hydrogen-bond donors (Lipinski definition) is 3. The summed E-state index contributed by atoms with van der Waals surface area (Å²) < 4.78 is 0. The number of aliphatic hydroxyl groups is 1. The molecule has 0 saturated heterocycles. The number of rotatable bonds is 3. The summed E-state index contributed by atoms with van der Waals surface area (Å²) in [7, 11) is 0. The van der Waals surface area contributed by atoms with E-state index in [0.717, 1.165) is 5.56 Å². The topological polar surface area (TPSA) is 52.5 Å². The molecule has 0 radical (unpaired) electrons. The standard InChI is InChI=1S/C13H13NO2/c15-12-9-5-4-8-11(12)14-13(16)10-6-2-1-3-7-10/h1-9,13-16H. The number of aliphatic hydroxyl groups excluding tert-OH is 1. The number of benzene rings is 2. The van der Waals surface area contributed by atoms with Crippen molar-refractivity contribution in [2.75, 3.05) is 5.32 Å². The number of aromatic hydroxyl groups is 1. The van der Waals surface area contributed by atoms with Crippen LogP contribution in [0.3, 0.4) is 0 Å². The SMILES string of the molecule is Oc1ccccc1NC(O)c1ccccc1. The highest BCUT2D eigenvalue weighted by Crippen LogP contribution is 2.25. The fraction of sp³-hybridized carbons (Fsp3) is 0.0769. The lowest BCUT2D eigenvalue weighted by atomic mass is 10.2. The molecule has 3 heteroatoms. The third kappa shape index (κ3) is 2.32. The molecule has 1 atom stereocenters. The van der Waals surface area contributed by atoms with Gasteiger partial charge < -0.3 is 15.5 Å². The molecule has 0 aliphatic carbocycles. The van der Waals surface area contributed by atoms with Crippen molar-refractivity contribution in [1.29, 1.82) is 0 Å². The molecule has 1 unspecified atom stereocenters. The highest BCUT2D eigenvalue weighted by atomic mass is 16.3. The van der Waals surface area contributed by atoms with Gasteiger partial charge in [0.05, 0.1) is 5.69 Å². The normalized spacial score (nSPS) is 12.1. The van der Waals surface area contributed by atoms with E-state index in [2.05, 4.69) is 5.32 Å². The average molecular weight is 215 g/mol. The molecule has 0 amide bonds. The highest BCUT2D eigenvalue weighted by molar-refractivity contribution is 5.56. The average Bonchev–Trinajstić information content (AvgIpc) is 2.33. The summed E-state index contributed by atoms with van der Waals surface area (Å²) >= 11 is 0. The van der Waals surface area contributed by atoms with E-state index in [-0.39, 0.29) is 5.75 Å². The predicted octanol–water partition coefficient (Wildman–Crippen LogP) is 2.50. The van der Waals surface area contributed by atoms with Gasteiger partial charge in [0.25, 0.3) is 0 Å². The number of phenolic OH excluding ortho intramolecular Hbond substituents is 1. The van der Waals surface area contributed by atoms with Crippen molar-refractivity contribution in [3.63, 3.8) is 0 Å². The molecule has 0 aromatic heterocycles. The summed E-state index contributed by atoms with van der Waals surface area (Å²) in [4.78, 5) is 0. The van der Waals surface area contributed by atoms with Crippen molar-refractivity contribution in [1.82, 2.24) is 0 Å². The smallest absolute Gasteiger partial charge is 0.150 e. The minimum Gasteiger partial charge on any atom is -0.506 e. The van der Waals surface area contributed by atoms with Crippen LogP contribution in [0.5, 0.6) is 5.75 Å². The molecular formula is C13H13NO2. The third-order valence-corrected chi connectivity index (χ3v) is 2.31. The third-order valence-electron chi connectivity index (χ3n) is 2.31. The summed E-state index contributed by atoms with van der Waals surface area (Å²) in [5.74, 6) is 0.123. The van der Waals surface area contributed by atoms with Gasteiger partial charge in [0, 0.05) is 5.56 Å². The van der Waals surface area contributed by atoms with Gasteiger partial charge in [-0.05, 0) is 12.1 Å². The van der Waals surface area contributed by atoms with Crippen LogP contribution in [0.15, 0.2) is 54.6 Å². The fourth-order valence-corrected chi connectivity index (χ4v) is 1.46. The molecule has 3 nitrogen and oxygen atoms in total.